The molecule has 0 aliphatic carbocycles. The molecule has 6 heteroatoms. The van der Waals surface area contributed by atoms with Crippen LogP contribution in [0.5, 0.6) is 0 Å². The predicted molar refractivity (Wildman–Crippen MR) is 75.5 cm³/mol. The molecule has 2 unspecified atom stereocenters. The maximum absolute atomic E-state index is 12.5. The predicted octanol–water partition coefficient (Wildman–Crippen LogP) is 1.52. The first kappa shape index (κ1) is 14.1. The quantitative estimate of drug-likeness (QED) is 0.892. The molecule has 2 aliphatic heterocycles. The van der Waals surface area contributed by atoms with E-state index in [1.54, 1.807) is 12.5 Å². The van der Waals surface area contributed by atoms with Gasteiger partial charge in [-0.25, -0.2) is 4.98 Å². The molecule has 2 aliphatic rings. The smallest absolute Gasteiger partial charge is 0.303 e. The molecule has 2 bridgehead atoms. The van der Waals surface area contributed by atoms with E-state index >= 15 is 0 Å². The third-order valence-electron chi connectivity index (χ3n) is 4.73. The van der Waals surface area contributed by atoms with E-state index in [1.165, 1.54) is 0 Å². The van der Waals surface area contributed by atoms with Gasteiger partial charge in [0.05, 0.1) is 6.33 Å². The van der Waals surface area contributed by atoms with Crippen LogP contribution in [0.25, 0.3) is 0 Å². The Morgan fingerprint density at radius 2 is 1.95 bits per heavy atom. The van der Waals surface area contributed by atoms with Gasteiger partial charge in [0.15, 0.2) is 0 Å². The maximum atomic E-state index is 12.5. The number of nitrogens with zero attached hydrogens (tertiary/aromatic N) is 3. The number of amides is 1. The number of rotatable bonds is 5. The van der Waals surface area contributed by atoms with Crippen LogP contribution in [0.1, 0.15) is 38.5 Å². The number of hydrogen-bond donors (Lipinski definition) is 1. The molecular formula is C15H21N3O3. The number of carboxylic acids is 1. The Labute approximate surface area is 123 Å². The molecule has 21 heavy (non-hydrogen) atoms. The topological polar surface area (TPSA) is 75.4 Å². The Hall–Kier alpha value is -1.85. The van der Waals surface area contributed by atoms with Crippen LogP contribution in [-0.2, 0) is 16.1 Å². The summed E-state index contributed by atoms with van der Waals surface area (Å²) in [6, 6.07) is 0.506. The SMILES string of the molecule is O=C(O)CC1CC2CCC(C1)N2C(=O)CCn1ccnc1. The van der Waals surface area contributed by atoms with Gasteiger partial charge in [0.25, 0.3) is 0 Å². The van der Waals surface area contributed by atoms with Gasteiger partial charge in [-0.15, -0.1) is 0 Å². The first-order valence-electron chi connectivity index (χ1n) is 7.62. The van der Waals surface area contributed by atoms with E-state index < -0.39 is 5.97 Å². The zero-order valence-corrected chi connectivity index (χ0v) is 12.0. The Morgan fingerprint density at radius 1 is 1.24 bits per heavy atom. The van der Waals surface area contributed by atoms with Crippen LogP contribution in [0.4, 0.5) is 0 Å². The van der Waals surface area contributed by atoms with Crippen molar-refractivity contribution < 1.29 is 14.7 Å². The van der Waals surface area contributed by atoms with Crippen LogP contribution in [0.3, 0.4) is 0 Å². The van der Waals surface area contributed by atoms with Gasteiger partial charge >= 0.3 is 5.97 Å². The van der Waals surface area contributed by atoms with E-state index in [2.05, 4.69) is 4.98 Å². The highest BCUT2D eigenvalue weighted by Crippen LogP contribution is 2.40. The second-order valence-electron chi connectivity index (χ2n) is 6.17. The lowest BCUT2D eigenvalue weighted by Crippen LogP contribution is -2.47. The number of aliphatic carboxylic acids is 1. The van der Waals surface area contributed by atoms with Crippen molar-refractivity contribution in [2.24, 2.45) is 5.92 Å². The van der Waals surface area contributed by atoms with Gasteiger partial charge in [-0.1, -0.05) is 0 Å². The van der Waals surface area contributed by atoms with Crippen molar-refractivity contribution in [3.63, 3.8) is 0 Å². The van der Waals surface area contributed by atoms with Gasteiger partial charge in [-0.05, 0) is 31.6 Å². The summed E-state index contributed by atoms with van der Waals surface area (Å²) in [5.41, 5.74) is 0. The van der Waals surface area contributed by atoms with Gasteiger partial charge in [0.2, 0.25) is 5.91 Å². The van der Waals surface area contributed by atoms with Crippen LogP contribution in [0.2, 0.25) is 0 Å². The van der Waals surface area contributed by atoms with Crippen molar-refractivity contribution in [1.82, 2.24) is 14.5 Å². The van der Waals surface area contributed by atoms with Crippen molar-refractivity contribution in [3.8, 4) is 0 Å². The summed E-state index contributed by atoms with van der Waals surface area (Å²) in [6.45, 7) is 0.660. The van der Waals surface area contributed by atoms with E-state index in [9.17, 15) is 9.59 Å². The molecule has 1 aromatic heterocycles. The van der Waals surface area contributed by atoms with Crippen LogP contribution >= 0.6 is 0 Å². The Balaban J connectivity index is 1.57. The van der Waals surface area contributed by atoms with E-state index in [1.807, 2.05) is 15.7 Å². The normalized spacial score (nSPS) is 27.8. The molecule has 0 aromatic carbocycles. The summed E-state index contributed by atoms with van der Waals surface area (Å²) in [6.07, 6.45) is 9.78. The lowest BCUT2D eigenvalue weighted by molar-refractivity contribution is -0.140. The molecule has 0 radical (unpaired) electrons. The number of aromatic nitrogens is 2. The molecule has 2 fully saturated rings. The molecule has 1 N–H and O–H groups in total. The summed E-state index contributed by atoms with van der Waals surface area (Å²) in [5, 5.41) is 8.93. The number of piperidine rings is 1. The number of hydrogen-bond acceptors (Lipinski definition) is 3. The lowest BCUT2D eigenvalue weighted by atomic mass is 9.88. The van der Waals surface area contributed by atoms with Gasteiger partial charge in [0, 0.05) is 43.9 Å². The van der Waals surface area contributed by atoms with Gasteiger partial charge in [-0.2, -0.15) is 0 Å². The number of carbonyl (C=O) groups is 2. The van der Waals surface area contributed by atoms with Crippen LogP contribution in [0, 0.1) is 5.92 Å². The summed E-state index contributed by atoms with van der Waals surface area (Å²) < 4.78 is 1.91. The Bertz CT molecular complexity index is 500. The van der Waals surface area contributed by atoms with Crippen molar-refractivity contribution in [3.05, 3.63) is 18.7 Å². The van der Waals surface area contributed by atoms with E-state index in [0.29, 0.717) is 13.0 Å². The summed E-state index contributed by atoms with van der Waals surface area (Å²) >= 11 is 0. The number of fused-ring (bicyclic) bond motifs is 2. The number of carbonyl (C=O) groups excluding carboxylic acids is 1. The molecule has 2 saturated heterocycles. The fourth-order valence-corrected chi connectivity index (χ4v) is 3.88. The van der Waals surface area contributed by atoms with Gasteiger partial charge in [-0.3, -0.25) is 9.59 Å². The van der Waals surface area contributed by atoms with Crippen molar-refractivity contribution in [2.45, 2.75) is 57.2 Å². The summed E-state index contributed by atoms with van der Waals surface area (Å²) in [7, 11) is 0. The van der Waals surface area contributed by atoms with Crippen LogP contribution in [-0.4, -0.2) is 43.5 Å². The van der Waals surface area contributed by atoms with E-state index in [-0.39, 0.29) is 30.3 Å². The second kappa shape index (κ2) is 5.87. The molecule has 0 spiro atoms. The Morgan fingerprint density at radius 3 is 2.52 bits per heavy atom. The molecule has 0 saturated carbocycles. The summed E-state index contributed by atoms with van der Waals surface area (Å²) in [5.74, 6) is -0.290. The Kier molecular flexibility index (Phi) is 3.94. The lowest BCUT2D eigenvalue weighted by Gasteiger charge is -2.38. The first-order chi connectivity index (χ1) is 10.1. The van der Waals surface area contributed by atoms with Gasteiger partial charge < -0.3 is 14.6 Å². The molecule has 1 aromatic rings. The monoisotopic (exact) mass is 291 g/mol. The molecule has 6 nitrogen and oxygen atoms in total. The maximum Gasteiger partial charge on any atom is 0.303 e. The number of aryl methyl sites for hydroxylation is 1. The zero-order valence-electron chi connectivity index (χ0n) is 12.0. The minimum absolute atomic E-state index is 0.199. The highest BCUT2D eigenvalue weighted by atomic mass is 16.4. The van der Waals surface area contributed by atoms with E-state index in [4.69, 9.17) is 5.11 Å². The van der Waals surface area contributed by atoms with E-state index in [0.717, 1.165) is 25.7 Å². The fourth-order valence-electron chi connectivity index (χ4n) is 3.88. The number of carboxylic acid groups (broad SMARTS) is 1. The standard InChI is InChI=1S/C15H21N3O3/c19-14(3-5-17-6-4-16-10-17)18-12-1-2-13(18)8-11(7-12)9-15(20)21/h4,6,10-13H,1-3,5,7-9H2,(H,20,21). The average Bonchev–Trinajstić information content (AvgIpc) is 3.02. The fraction of sp³-hybridized carbons (Fsp3) is 0.667. The third-order valence-corrected chi connectivity index (χ3v) is 4.73. The van der Waals surface area contributed by atoms with Crippen molar-refractivity contribution in [2.75, 3.05) is 0 Å². The van der Waals surface area contributed by atoms with Crippen molar-refractivity contribution >= 4 is 11.9 Å². The highest BCUT2D eigenvalue weighted by molar-refractivity contribution is 5.77. The minimum Gasteiger partial charge on any atom is -0.481 e. The van der Waals surface area contributed by atoms with Crippen molar-refractivity contribution in [1.29, 1.82) is 0 Å². The highest BCUT2D eigenvalue weighted by Gasteiger charge is 2.43. The molecule has 3 rings (SSSR count). The number of imidazole rings is 1. The summed E-state index contributed by atoms with van der Waals surface area (Å²) in [4.78, 5) is 29.3. The van der Waals surface area contributed by atoms with Gasteiger partial charge in [0.1, 0.15) is 0 Å². The van der Waals surface area contributed by atoms with Crippen LogP contribution < -0.4 is 0 Å². The first-order valence-corrected chi connectivity index (χ1v) is 7.62. The molecule has 114 valence electrons. The molecular weight excluding hydrogens is 270 g/mol. The molecule has 2 atom stereocenters. The largest absolute Gasteiger partial charge is 0.481 e. The third kappa shape index (κ3) is 3.09. The molecule has 1 amide bonds. The minimum atomic E-state index is -0.723. The second-order valence-corrected chi connectivity index (χ2v) is 6.17. The zero-order chi connectivity index (χ0) is 14.8. The average molecular weight is 291 g/mol. The van der Waals surface area contributed by atoms with Crippen LogP contribution in [0.15, 0.2) is 18.7 Å². The molecule has 3 heterocycles.